The molecular weight excluding hydrogens is 266 g/mol. The van der Waals surface area contributed by atoms with E-state index in [0.29, 0.717) is 23.2 Å². The number of nitro groups is 1. The highest BCUT2D eigenvalue weighted by Gasteiger charge is 2.28. The average molecular weight is 286 g/mol. The van der Waals surface area contributed by atoms with Crippen molar-refractivity contribution in [3.05, 3.63) is 33.3 Å². The van der Waals surface area contributed by atoms with Crippen LogP contribution in [0.4, 0.5) is 11.4 Å². The van der Waals surface area contributed by atoms with Gasteiger partial charge in [-0.1, -0.05) is 31.5 Å². The van der Waals surface area contributed by atoms with Crippen LogP contribution in [-0.2, 0) is 0 Å². The van der Waals surface area contributed by atoms with Gasteiger partial charge < -0.3 is 11.1 Å². The molecule has 6 heteroatoms. The summed E-state index contributed by atoms with van der Waals surface area (Å²) in [5.74, 6) is 0.419. The van der Waals surface area contributed by atoms with Gasteiger partial charge in [0, 0.05) is 18.2 Å². The third-order valence-electron chi connectivity index (χ3n) is 2.92. The van der Waals surface area contributed by atoms with Crippen LogP contribution in [0.25, 0.3) is 0 Å². The first-order valence-electron chi connectivity index (χ1n) is 6.20. The fourth-order valence-corrected chi connectivity index (χ4v) is 2.39. The quantitative estimate of drug-likeness (QED) is 0.620. The second-order valence-corrected chi connectivity index (χ2v) is 5.79. The topological polar surface area (TPSA) is 81.2 Å². The van der Waals surface area contributed by atoms with Gasteiger partial charge in [-0.25, -0.2) is 0 Å². The maximum atomic E-state index is 11.0. The molecule has 1 aromatic carbocycles. The van der Waals surface area contributed by atoms with Crippen LogP contribution in [0, 0.1) is 16.0 Å². The number of hydrogen-bond acceptors (Lipinski definition) is 4. The number of para-hydroxylation sites is 1. The van der Waals surface area contributed by atoms with Gasteiger partial charge in [0.05, 0.1) is 9.95 Å². The number of rotatable bonds is 6. The SMILES string of the molecule is CC(C)CC(C)(CN)Nc1c(Cl)cccc1[N+](=O)[O-]. The zero-order valence-electron chi connectivity index (χ0n) is 11.4. The van der Waals surface area contributed by atoms with E-state index in [1.165, 1.54) is 6.07 Å². The summed E-state index contributed by atoms with van der Waals surface area (Å²) >= 11 is 6.07. The highest BCUT2D eigenvalue weighted by atomic mass is 35.5. The number of nitrogens with two attached hydrogens (primary N) is 1. The van der Waals surface area contributed by atoms with Gasteiger partial charge in [-0.15, -0.1) is 0 Å². The molecule has 0 aliphatic heterocycles. The fourth-order valence-electron chi connectivity index (χ4n) is 2.18. The van der Waals surface area contributed by atoms with E-state index < -0.39 is 10.5 Å². The monoisotopic (exact) mass is 285 g/mol. The Hall–Kier alpha value is -1.33. The third-order valence-corrected chi connectivity index (χ3v) is 3.24. The molecule has 1 atom stereocenters. The molecule has 0 heterocycles. The van der Waals surface area contributed by atoms with Crippen LogP contribution in [0.5, 0.6) is 0 Å². The minimum Gasteiger partial charge on any atom is -0.372 e. The van der Waals surface area contributed by atoms with Crippen molar-refractivity contribution in [1.29, 1.82) is 0 Å². The van der Waals surface area contributed by atoms with Crippen molar-refractivity contribution in [1.82, 2.24) is 0 Å². The van der Waals surface area contributed by atoms with E-state index in [1.54, 1.807) is 12.1 Å². The summed E-state index contributed by atoms with van der Waals surface area (Å²) < 4.78 is 0. The van der Waals surface area contributed by atoms with E-state index in [-0.39, 0.29) is 5.69 Å². The highest BCUT2D eigenvalue weighted by molar-refractivity contribution is 6.33. The summed E-state index contributed by atoms with van der Waals surface area (Å²) in [7, 11) is 0. The van der Waals surface area contributed by atoms with Crippen molar-refractivity contribution in [3.8, 4) is 0 Å². The molecule has 106 valence electrons. The zero-order chi connectivity index (χ0) is 14.6. The Kier molecular flexibility index (Phi) is 5.14. The maximum absolute atomic E-state index is 11.0. The molecule has 0 saturated carbocycles. The molecule has 0 aromatic heterocycles. The van der Waals surface area contributed by atoms with Crippen LogP contribution in [0.3, 0.4) is 0 Å². The molecule has 5 nitrogen and oxygen atoms in total. The Labute approximate surface area is 118 Å². The zero-order valence-corrected chi connectivity index (χ0v) is 12.2. The Morgan fingerprint density at radius 2 is 2.16 bits per heavy atom. The number of hydrogen-bond donors (Lipinski definition) is 2. The van der Waals surface area contributed by atoms with Crippen LogP contribution >= 0.6 is 11.6 Å². The van der Waals surface area contributed by atoms with Gasteiger partial charge in [0.1, 0.15) is 5.69 Å². The standard InChI is InChI=1S/C13H20ClN3O2/c1-9(2)7-13(3,8-15)16-12-10(14)5-4-6-11(12)17(18)19/h4-6,9,16H,7-8,15H2,1-3H3. The molecule has 0 aliphatic carbocycles. The summed E-state index contributed by atoms with van der Waals surface area (Å²) in [5.41, 5.74) is 5.68. The normalized spacial score (nSPS) is 14.2. The molecular formula is C13H20ClN3O2. The van der Waals surface area contributed by atoms with Gasteiger partial charge in [0.2, 0.25) is 0 Å². The van der Waals surface area contributed by atoms with E-state index in [1.807, 2.05) is 6.92 Å². The largest absolute Gasteiger partial charge is 0.372 e. The molecule has 1 unspecified atom stereocenters. The first-order chi connectivity index (χ1) is 8.79. The lowest BCUT2D eigenvalue weighted by molar-refractivity contribution is -0.384. The lowest BCUT2D eigenvalue weighted by Crippen LogP contribution is -2.43. The predicted octanol–water partition coefficient (Wildman–Crippen LogP) is 3.42. The molecule has 1 aromatic rings. The van der Waals surface area contributed by atoms with E-state index in [9.17, 15) is 10.1 Å². The molecule has 0 aliphatic rings. The van der Waals surface area contributed by atoms with Gasteiger partial charge in [0.25, 0.3) is 5.69 Å². The molecule has 0 amide bonds. The minimum atomic E-state index is -0.444. The lowest BCUT2D eigenvalue weighted by Gasteiger charge is -2.32. The van der Waals surface area contributed by atoms with Crippen LogP contribution in [0.15, 0.2) is 18.2 Å². The summed E-state index contributed by atoms with van der Waals surface area (Å²) in [6.45, 7) is 6.47. The fraction of sp³-hybridized carbons (Fsp3) is 0.538. The van der Waals surface area contributed by atoms with Gasteiger partial charge in [0.15, 0.2) is 0 Å². The number of nitrogens with zero attached hydrogens (tertiary/aromatic N) is 1. The minimum absolute atomic E-state index is 0.0315. The van der Waals surface area contributed by atoms with Crippen molar-refractivity contribution in [3.63, 3.8) is 0 Å². The second kappa shape index (κ2) is 6.21. The summed E-state index contributed by atoms with van der Waals surface area (Å²) in [6, 6.07) is 4.62. The predicted molar refractivity (Wildman–Crippen MR) is 78.6 cm³/mol. The van der Waals surface area contributed by atoms with Crippen molar-refractivity contribution >= 4 is 23.0 Å². The van der Waals surface area contributed by atoms with Gasteiger partial charge in [-0.2, -0.15) is 0 Å². The molecule has 3 N–H and O–H groups in total. The van der Waals surface area contributed by atoms with Crippen molar-refractivity contribution in [2.24, 2.45) is 11.7 Å². The van der Waals surface area contributed by atoms with E-state index in [4.69, 9.17) is 17.3 Å². The maximum Gasteiger partial charge on any atom is 0.293 e. The molecule has 0 fully saturated rings. The number of halogens is 1. The summed E-state index contributed by atoms with van der Waals surface area (Å²) in [5, 5.41) is 14.5. The van der Waals surface area contributed by atoms with E-state index >= 15 is 0 Å². The van der Waals surface area contributed by atoms with Crippen molar-refractivity contribution < 1.29 is 4.92 Å². The highest BCUT2D eigenvalue weighted by Crippen LogP contribution is 2.35. The average Bonchev–Trinajstić information content (AvgIpc) is 2.30. The first-order valence-corrected chi connectivity index (χ1v) is 6.58. The third kappa shape index (κ3) is 4.08. The molecule has 0 saturated heterocycles. The van der Waals surface area contributed by atoms with Crippen molar-refractivity contribution in [2.45, 2.75) is 32.7 Å². The van der Waals surface area contributed by atoms with E-state index in [0.717, 1.165) is 6.42 Å². The van der Waals surface area contributed by atoms with Crippen LogP contribution in [-0.4, -0.2) is 17.0 Å². The smallest absolute Gasteiger partial charge is 0.293 e. The number of benzene rings is 1. The Morgan fingerprint density at radius 3 is 2.63 bits per heavy atom. The van der Waals surface area contributed by atoms with Gasteiger partial charge in [-0.05, 0) is 25.3 Å². The summed E-state index contributed by atoms with van der Waals surface area (Å²) in [4.78, 5) is 10.6. The molecule has 19 heavy (non-hydrogen) atoms. The van der Waals surface area contributed by atoms with Crippen LogP contribution in [0.1, 0.15) is 27.2 Å². The number of anilines is 1. The second-order valence-electron chi connectivity index (χ2n) is 5.38. The molecule has 0 bridgehead atoms. The summed E-state index contributed by atoms with van der Waals surface area (Å²) in [6.07, 6.45) is 0.797. The lowest BCUT2D eigenvalue weighted by atomic mass is 9.90. The van der Waals surface area contributed by atoms with E-state index in [2.05, 4.69) is 19.2 Å². The van der Waals surface area contributed by atoms with Crippen molar-refractivity contribution in [2.75, 3.05) is 11.9 Å². The van der Waals surface area contributed by atoms with Crippen LogP contribution < -0.4 is 11.1 Å². The molecule has 1 rings (SSSR count). The Bertz CT molecular complexity index is 465. The number of nitrogens with one attached hydrogen (secondary N) is 1. The Morgan fingerprint density at radius 1 is 1.53 bits per heavy atom. The molecule has 0 radical (unpaired) electrons. The first kappa shape index (κ1) is 15.7. The molecule has 0 spiro atoms. The number of nitro benzene ring substituents is 1. The van der Waals surface area contributed by atoms with Crippen LogP contribution in [0.2, 0.25) is 5.02 Å². The van der Waals surface area contributed by atoms with Gasteiger partial charge in [-0.3, -0.25) is 10.1 Å². The van der Waals surface area contributed by atoms with Gasteiger partial charge >= 0.3 is 0 Å². The Balaban J connectivity index is 3.13.